The molecule has 1 aliphatic carbocycles. The van der Waals surface area contributed by atoms with Gasteiger partial charge in [0.25, 0.3) is 5.91 Å². The Morgan fingerprint density at radius 2 is 1.72 bits per heavy atom. The van der Waals surface area contributed by atoms with E-state index in [9.17, 15) is 14.4 Å². The van der Waals surface area contributed by atoms with E-state index in [0.717, 1.165) is 25.8 Å². The summed E-state index contributed by atoms with van der Waals surface area (Å²) in [4.78, 5) is 41.7. The molecule has 6 rings (SSSR count). The number of piperidine rings is 1. The lowest BCUT2D eigenvalue weighted by atomic mass is 9.72. The number of carbonyl (C=O) groups is 3. The summed E-state index contributed by atoms with van der Waals surface area (Å²) >= 11 is 6.14. The fourth-order valence-electron chi connectivity index (χ4n) is 6.86. The van der Waals surface area contributed by atoms with Crippen LogP contribution in [0.2, 0.25) is 5.02 Å². The number of piperazine rings is 1. The van der Waals surface area contributed by atoms with Crippen molar-refractivity contribution in [3.63, 3.8) is 0 Å². The number of allylic oxidation sites excluding steroid dienone is 1. The highest BCUT2D eigenvalue weighted by atomic mass is 35.5. The van der Waals surface area contributed by atoms with Gasteiger partial charge in [0.1, 0.15) is 6.04 Å². The maximum atomic E-state index is 15.8. The summed E-state index contributed by atoms with van der Waals surface area (Å²) in [6.45, 7) is 6.93. The Hall–Kier alpha value is -3.14. The van der Waals surface area contributed by atoms with Gasteiger partial charge in [-0.3, -0.25) is 24.6 Å². The molecule has 2 saturated heterocycles. The SMILES string of the molecule is CC1(C)CCC(CN2CCN(C(F)(F)c3ccc4c(c3)CN(C3CCC(=O)NC3=O)C4=O)CC2)=C(c2ccc(Cl)cc2)C1. The quantitative estimate of drug-likeness (QED) is 0.349. The molecule has 2 aromatic rings. The summed E-state index contributed by atoms with van der Waals surface area (Å²) in [5.74, 6) is -1.26. The minimum absolute atomic E-state index is 0.0695. The predicted molar refractivity (Wildman–Crippen MR) is 160 cm³/mol. The molecule has 1 N–H and O–H groups in total. The average Bonchev–Trinajstić information content (AvgIpc) is 3.30. The van der Waals surface area contributed by atoms with Gasteiger partial charge in [0.2, 0.25) is 11.8 Å². The molecule has 4 aliphatic rings. The Bertz CT molecular complexity index is 1480. The molecule has 7 nitrogen and oxygen atoms in total. The summed E-state index contributed by atoms with van der Waals surface area (Å²) in [5, 5.41) is 2.98. The van der Waals surface area contributed by atoms with E-state index >= 15 is 8.78 Å². The van der Waals surface area contributed by atoms with Crippen LogP contribution in [0.3, 0.4) is 0 Å². The molecule has 0 bridgehead atoms. The van der Waals surface area contributed by atoms with Gasteiger partial charge in [-0.2, -0.15) is 8.78 Å². The van der Waals surface area contributed by atoms with E-state index in [1.54, 1.807) is 0 Å². The molecule has 1 unspecified atom stereocenters. The lowest BCUT2D eigenvalue weighted by Crippen LogP contribution is -2.52. The van der Waals surface area contributed by atoms with Gasteiger partial charge in [0.15, 0.2) is 0 Å². The van der Waals surface area contributed by atoms with Crippen molar-refractivity contribution in [2.45, 2.75) is 64.6 Å². The Morgan fingerprint density at radius 1 is 1.00 bits per heavy atom. The normalized spacial score (nSPS) is 23.5. The second kappa shape index (κ2) is 11.4. The molecule has 0 radical (unpaired) electrons. The molecule has 1 atom stereocenters. The summed E-state index contributed by atoms with van der Waals surface area (Å²) in [7, 11) is 0. The molecule has 10 heteroatoms. The van der Waals surface area contributed by atoms with Crippen LogP contribution in [-0.4, -0.2) is 71.2 Å². The van der Waals surface area contributed by atoms with Crippen LogP contribution in [0, 0.1) is 5.41 Å². The standard InChI is InChI=1S/C33H37ClF2N4O3/c1-32(2)12-11-22(27(18-32)21-3-6-25(34)7-4-21)19-38-13-15-39(16-14-38)33(35,36)24-5-8-26-23(17-24)20-40(31(26)43)28-9-10-29(41)37-30(28)42/h3-8,17,28H,9-16,18-20H2,1-2H3,(H,37,41,42). The van der Waals surface area contributed by atoms with Gasteiger partial charge < -0.3 is 4.90 Å². The third-order valence-electron chi connectivity index (χ3n) is 9.43. The first-order valence-electron chi connectivity index (χ1n) is 15.0. The average molecular weight is 611 g/mol. The molecule has 2 aromatic carbocycles. The molecule has 0 spiro atoms. The van der Waals surface area contributed by atoms with Crippen molar-refractivity contribution in [3.05, 3.63) is 75.3 Å². The largest absolute Gasteiger partial charge is 0.331 e. The van der Waals surface area contributed by atoms with Gasteiger partial charge in [0.05, 0.1) is 0 Å². The number of benzene rings is 2. The second-order valence-corrected chi connectivity index (χ2v) is 13.4. The Labute approximate surface area is 255 Å². The van der Waals surface area contributed by atoms with E-state index in [1.165, 1.54) is 44.7 Å². The number of amides is 3. The van der Waals surface area contributed by atoms with Crippen LogP contribution in [0.4, 0.5) is 8.78 Å². The van der Waals surface area contributed by atoms with E-state index in [0.29, 0.717) is 29.2 Å². The number of imide groups is 1. The first-order chi connectivity index (χ1) is 20.4. The van der Waals surface area contributed by atoms with E-state index < -0.39 is 18.0 Å². The van der Waals surface area contributed by atoms with Crippen molar-refractivity contribution in [1.82, 2.24) is 20.0 Å². The van der Waals surface area contributed by atoms with E-state index in [2.05, 4.69) is 36.2 Å². The highest BCUT2D eigenvalue weighted by molar-refractivity contribution is 6.30. The molecular formula is C33H37ClF2N4O3. The van der Waals surface area contributed by atoms with Gasteiger partial charge in [0, 0.05) is 61.8 Å². The number of fused-ring (bicyclic) bond motifs is 1. The number of carbonyl (C=O) groups excluding carboxylic acids is 3. The van der Waals surface area contributed by atoms with Crippen LogP contribution in [0.15, 0.2) is 48.0 Å². The minimum Gasteiger partial charge on any atom is -0.322 e. The Kier molecular flexibility index (Phi) is 7.94. The smallest absolute Gasteiger partial charge is 0.322 e. The molecular weight excluding hydrogens is 574 g/mol. The molecule has 3 heterocycles. The van der Waals surface area contributed by atoms with Crippen LogP contribution < -0.4 is 5.32 Å². The number of halogens is 3. The van der Waals surface area contributed by atoms with Crippen molar-refractivity contribution in [2.75, 3.05) is 32.7 Å². The van der Waals surface area contributed by atoms with Crippen molar-refractivity contribution in [2.24, 2.45) is 5.41 Å². The van der Waals surface area contributed by atoms with E-state index in [1.807, 2.05) is 12.1 Å². The lowest BCUT2D eigenvalue weighted by molar-refractivity contribution is -0.167. The molecule has 3 aliphatic heterocycles. The predicted octanol–water partition coefficient (Wildman–Crippen LogP) is 5.43. The van der Waals surface area contributed by atoms with Gasteiger partial charge in [-0.05, 0) is 72.1 Å². The van der Waals surface area contributed by atoms with Crippen molar-refractivity contribution in [3.8, 4) is 0 Å². The summed E-state index contributed by atoms with van der Waals surface area (Å²) < 4.78 is 31.7. The van der Waals surface area contributed by atoms with Crippen molar-refractivity contribution < 1.29 is 23.2 Å². The number of alkyl halides is 2. The van der Waals surface area contributed by atoms with E-state index in [4.69, 9.17) is 11.6 Å². The maximum absolute atomic E-state index is 15.8. The first kappa shape index (κ1) is 29.9. The van der Waals surface area contributed by atoms with Gasteiger partial charge in [-0.1, -0.05) is 49.2 Å². The third-order valence-corrected chi connectivity index (χ3v) is 9.69. The molecule has 2 fully saturated rings. The fraction of sp³-hybridized carbons (Fsp3) is 0.485. The van der Waals surface area contributed by atoms with Crippen molar-refractivity contribution >= 4 is 34.9 Å². The molecule has 0 saturated carbocycles. The van der Waals surface area contributed by atoms with Crippen molar-refractivity contribution in [1.29, 1.82) is 0 Å². The van der Waals surface area contributed by atoms with Crippen LogP contribution in [-0.2, 0) is 22.2 Å². The fourth-order valence-corrected chi connectivity index (χ4v) is 6.99. The minimum atomic E-state index is -3.20. The number of rotatable bonds is 6. The summed E-state index contributed by atoms with van der Waals surface area (Å²) in [6, 6.07) is 8.18. The van der Waals surface area contributed by atoms with Gasteiger partial charge in [-0.25, -0.2) is 4.90 Å². The first-order valence-corrected chi connectivity index (χ1v) is 15.4. The van der Waals surface area contributed by atoms with E-state index in [-0.39, 0.29) is 55.3 Å². The number of hydrogen-bond acceptors (Lipinski definition) is 5. The molecule has 0 aromatic heterocycles. The molecule has 43 heavy (non-hydrogen) atoms. The number of nitrogens with zero attached hydrogens (tertiary/aromatic N) is 3. The second-order valence-electron chi connectivity index (χ2n) is 13.0. The third kappa shape index (κ3) is 5.99. The Morgan fingerprint density at radius 3 is 2.42 bits per heavy atom. The van der Waals surface area contributed by atoms with Crippen LogP contribution in [0.1, 0.15) is 73.0 Å². The summed E-state index contributed by atoms with van der Waals surface area (Å²) in [6.07, 6.45) is 3.44. The Balaban J connectivity index is 1.12. The topological polar surface area (TPSA) is 73.0 Å². The van der Waals surface area contributed by atoms with Crippen LogP contribution in [0.5, 0.6) is 0 Å². The molecule has 228 valence electrons. The lowest BCUT2D eigenvalue weighted by Gasteiger charge is -2.41. The van der Waals surface area contributed by atoms with Gasteiger partial charge in [-0.15, -0.1) is 0 Å². The van der Waals surface area contributed by atoms with Crippen LogP contribution >= 0.6 is 11.6 Å². The zero-order chi connectivity index (χ0) is 30.5. The summed E-state index contributed by atoms with van der Waals surface area (Å²) in [5.41, 5.74) is 4.77. The highest BCUT2D eigenvalue weighted by Crippen LogP contribution is 2.44. The number of hydrogen-bond donors (Lipinski definition) is 1. The zero-order valence-electron chi connectivity index (χ0n) is 24.6. The maximum Gasteiger partial charge on any atom is 0.331 e. The monoisotopic (exact) mass is 610 g/mol. The highest BCUT2D eigenvalue weighted by Gasteiger charge is 2.44. The number of nitrogens with one attached hydrogen (secondary N) is 1. The zero-order valence-corrected chi connectivity index (χ0v) is 25.4. The van der Waals surface area contributed by atoms with Crippen LogP contribution in [0.25, 0.3) is 5.57 Å². The molecule has 3 amide bonds. The van der Waals surface area contributed by atoms with Gasteiger partial charge >= 0.3 is 6.05 Å².